The van der Waals surface area contributed by atoms with Crippen LogP contribution in [-0.2, 0) is 4.74 Å². The van der Waals surface area contributed by atoms with E-state index < -0.39 is 0 Å². The number of fused-ring (bicyclic) bond motifs is 1. The fourth-order valence-corrected chi connectivity index (χ4v) is 3.77. The van der Waals surface area contributed by atoms with E-state index in [9.17, 15) is 0 Å². The molecule has 0 aliphatic heterocycles. The summed E-state index contributed by atoms with van der Waals surface area (Å²) in [4.78, 5) is 7.00. The van der Waals surface area contributed by atoms with E-state index in [4.69, 9.17) is 10.5 Å². The number of thiazole rings is 1. The number of nitrogen functional groups attached to an aromatic ring is 1. The highest BCUT2D eigenvalue weighted by Gasteiger charge is 2.32. The zero-order valence-corrected chi connectivity index (χ0v) is 13.7. The first-order valence-electron chi connectivity index (χ1n) is 7.52. The Kier molecular flexibility index (Phi) is 4.04. The molecule has 0 spiro atoms. The summed E-state index contributed by atoms with van der Waals surface area (Å²) in [7, 11) is 1.75. The number of ether oxygens (including phenoxy) is 1. The first kappa shape index (κ1) is 14.6. The first-order chi connectivity index (χ1) is 10.1. The van der Waals surface area contributed by atoms with Gasteiger partial charge in [0.2, 0.25) is 0 Å². The van der Waals surface area contributed by atoms with Crippen molar-refractivity contribution in [3.05, 3.63) is 17.1 Å². The van der Waals surface area contributed by atoms with E-state index in [1.165, 1.54) is 17.5 Å². The molecule has 1 aromatic heterocycles. The Morgan fingerprint density at radius 2 is 2.24 bits per heavy atom. The minimum Gasteiger partial charge on any atom is -0.397 e. The predicted octanol–water partition coefficient (Wildman–Crippen LogP) is 3.44. The molecule has 2 N–H and O–H groups in total. The third-order valence-electron chi connectivity index (χ3n) is 4.29. The second-order valence-corrected chi connectivity index (χ2v) is 7.11. The van der Waals surface area contributed by atoms with Crippen molar-refractivity contribution in [1.29, 1.82) is 0 Å². The third-order valence-corrected chi connectivity index (χ3v) is 5.22. The van der Waals surface area contributed by atoms with Gasteiger partial charge >= 0.3 is 0 Å². The standard InChI is InChI=1S/C16H23N3OS/c1-10(12-4-5-12)19(6-7-20-3)15-9-14-16(8-13(15)17)21-11(2)18-14/h8-10,12H,4-7,17H2,1-3H3. The fraction of sp³-hybridized carbons (Fsp3) is 0.562. The van der Waals surface area contributed by atoms with Crippen molar-refractivity contribution in [2.75, 3.05) is 30.9 Å². The number of hydrogen-bond acceptors (Lipinski definition) is 5. The molecule has 0 saturated heterocycles. The van der Waals surface area contributed by atoms with Gasteiger partial charge in [0.1, 0.15) is 0 Å². The summed E-state index contributed by atoms with van der Waals surface area (Å²) in [6, 6.07) is 4.71. The lowest BCUT2D eigenvalue weighted by Crippen LogP contribution is -2.37. The number of aryl methyl sites for hydroxylation is 1. The zero-order valence-electron chi connectivity index (χ0n) is 12.9. The lowest BCUT2D eigenvalue weighted by Gasteiger charge is -2.32. The molecule has 21 heavy (non-hydrogen) atoms. The molecule has 1 saturated carbocycles. The fourth-order valence-electron chi connectivity index (χ4n) is 2.91. The highest BCUT2D eigenvalue weighted by atomic mass is 32.1. The van der Waals surface area contributed by atoms with E-state index in [0.29, 0.717) is 12.6 Å². The zero-order chi connectivity index (χ0) is 15.0. The third kappa shape index (κ3) is 2.99. The van der Waals surface area contributed by atoms with Gasteiger partial charge in [-0.2, -0.15) is 0 Å². The highest BCUT2D eigenvalue weighted by Crippen LogP contribution is 2.39. The summed E-state index contributed by atoms with van der Waals surface area (Å²) in [5, 5.41) is 1.08. The van der Waals surface area contributed by atoms with Crippen molar-refractivity contribution in [2.45, 2.75) is 32.7 Å². The van der Waals surface area contributed by atoms with Gasteiger partial charge in [-0.05, 0) is 44.7 Å². The second kappa shape index (κ2) is 5.81. The van der Waals surface area contributed by atoms with Gasteiger partial charge in [-0.1, -0.05) is 0 Å². The van der Waals surface area contributed by atoms with Gasteiger partial charge in [0.05, 0.1) is 33.2 Å². The number of benzene rings is 1. The smallest absolute Gasteiger partial charge is 0.0907 e. The Bertz CT molecular complexity index is 636. The molecule has 4 nitrogen and oxygen atoms in total. The largest absolute Gasteiger partial charge is 0.397 e. The molecule has 1 fully saturated rings. The van der Waals surface area contributed by atoms with E-state index in [-0.39, 0.29) is 0 Å². The Hall–Kier alpha value is -1.33. The summed E-state index contributed by atoms with van der Waals surface area (Å²) >= 11 is 1.70. The van der Waals surface area contributed by atoms with E-state index in [1.807, 2.05) is 6.92 Å². The molecule has 0 amide bonds. The molecule has 1 heterocycles. The lowest BCUT2D eigenvalue weighted by molar-refractivity contribution is 0.203. The number of nitrogens with two attached hydrogens (primary N) is 1. The van der Waals surface area contributed by atoms with Gasteiger partial charge in [-0.15, -0.1) is 11.3 Å². The number of nitrogens with zero attached hydrogens (tertiary/aromatic N) is 2. The van der Waals surface area contributed by atoms with Gasteiger partial charge in [0.15, 0.2) is 0 Å². The van der Waals surface area contributed by atoms with Crippen LogP contribution >= 0.6 is 11.3 Å². The van der Waals surface area contributed by atoms with Crippen LogP contribution in [0.4, 0.5) is 11.4 Å². The molecular weight excluding hydrogens is 282 g/mol. The summed E-state index contributed by atoms with van der Waals surface area (Å²) in [6.45, 7) is 5.91. The maximum absolute atomic E-state index is 6.32. The van der Waals surface area contributed by atoms with Crippen molar-refractivity contribution in [3.63, 3.8) is 0 Å². The number of aromatic nitrogens is 1. The van der Waals surface area contributed by atoms with Crippen LogP contribution < -0.4 is 10.6 Å². The van der Waals surface area contributed by atoms with Crippen LogP contribution in [0.15, 0.2) is 12.1 Å². The quantitative estimate of drug-likeness (QED) is 0.831. The Balaban J connectivity index is 1.97. The predicted molar refractivity (Wildman–Crippen MR) is 90.2 cm³/mol. The average molecular weight is 305 g/mol. The Morgan fingerprint density at radius 1 is 1.48 bits per heavy atom. The van der Waals surface area contributed by atoms with Crippen molar-refractivity contribution >= 4 is 32.9 Å². The Morgan fingerprint density at radius 3 is 2.90 bits per heavy atom. The summed E-state index contributed by atoms with van der Waals surface area (Å²) in [5.74, 6) is 0.786. The monoisotopic (exact) mass is 305 g/mol. The average Bonchev–Trinajstić information content (AvgIpc) is 3.22. The maximum Gasteiger partial charge on any atom is 0.0907 e. The van der Waals surface area contributed by atoms with Crippen LogP contribution in [0, 0.1) is 12.8 Å². The number of rotatable bonds is 6. The molecule has 1 atom stereocenters. The molecule has 114 valence electrons. The second-order valence-electron chi connectivity index (χ2n) is 5.88. The molecule has 2 aromatic rings. The van der Waals surface area contributed by atoms with Crippen LogP contribution in [0.5, 0.6) is 0 Å². The maximum atomic E-state index is 6.32. The van der Waals surface area contributed by atoms with Gasteiger partial charge < -0.3 is 15.4 Å². The molecule has 1 aromatic carbocycles. The number of anilines is 2. The highest BCUT2D eigenvalue weighted by molar-refractivity contribution is 7.18. The van der Waals surface area contributed by atoms with Crippen LogP contribution in [0.25, 0.3) is 10.2 Å². The molecule has 1 unspecified atom stereocenters. The Labute approximate surface area is 129 Å². The normalized spacial score (nSPS) is 16.3. The van der Waals surface area contributed by atoms with Crippen molar-refractivity contribution in [1.82, 2.24) is 4.98 Å². The van der Waals surface area contributed by atoms with E-state index in [0.717, 1.165) is 34.4 Å². The van der Waals surface area contributed by atoms with Crippen molar-refractivity contribution in [2.24, 2.45) is 5.92 Å². The molecule has 1 aliphatic rings. The van der Waals surface area contributed by atoms with Crippen LogP contribution in [0.2, 0.25) is 0 Å². The summed E-state index contributed by atoms with van der Waals surface area (Å²) in [6.07, 6.45) is 2.64. The van der Waals surface area contributed by atoms with Crippen LogP contribution in [-0.4, -0.2) is 31.3 Å². The molecule has 3 rings (SSSR count). The first-order valence-corrected chi connectivity index (χ1v) is 8.34. The topological polar surface area (TPSA) is 51.4 Å². The molecule has 0 bridgehead atoms. The molecule has 5 heteroatoms. The minimum atomic E-state index is 0.500. The van der Waals surface area contributed by atoms with Gasteiger partial charge in [-0.3, -0.25) is 0 Å². The SMILES string of the molecule is COCCN(c1cc2nc(C)sc2cc1N)C(C)C1CC1. The van der Waals surface area contributed by atoms with Crippen molar-refractivity contribution in [3.8, 4) is 0 Å². The summed E-state index contributed by atoms with van der Waals surface area (Å²) < 4.78 is 6.45. The van der Waals surface area contributed by atoms with Gasteiger partial charge in [0.25, 0.3) is 0 Å². The summed E-state index contributed by atoms with van der Waals surface area (Å²) in [5.41, 5.74) is 9.32. The molecule has 0 radical (unpaired) electrons. The number of hydrogen-bond donors (Lipinski definition) is 1. The van der Waals surface area contributed by atoms with Gasteiger partial charge in [0, 0.05) is 19.7 Å². The van der Waals surface area contributed by atoms with Crippen LogP contribution in [0.1, 0.15) is 24.8 Å². The molecule has 1 aliphatic carbocycles. The van der Waals surface area contributed by atoms with Gasteiger partial charge in [-0.25, -0.2) is 4.98 Å². The van der Waals surface area contributed by atoms with Crippen LogP contribution in [0.3, 0.4) is 0 Å². The van der Waals surface area contributed by atoms with E-state index in [2.05, 4.69) is 28.9 Å². The van der Waals surface area contributed by atoms with E-state index >= 15 is 0 Å². The lowest BCUT2D eigenvalue weighted by atomic mass is 10.1. The van der Waals surface area contributed by atoms with E-state index in [1.54, 1.807) is 18.4 Å². The minimum absolute atomic E-state index is 0.500. The number of methoxy groups -OCH3 is 1. The molecular formula is C16H23N3OS. The van der Waals surface area contributed by atoms with Crippen molar-refractivity contribution < 1.29 is 4.74 Å².